The number of aliphatic imine (C=N–C) groups is 1. The lowest BCUT2D eigenvalue weighted by Crippen LogP contribution is -2.06. The van der Waals surface area contributed by atoms with Crippen molar-refractivity contribution in [1.29, 1.82) is 0 Å². The maximum Gasteiger partial charge on any atom is 0.159 e. The van der Waals surface area contributed by atoms with Gasteiger partial charge in [0.1, 0.15) is 12.4 Å². The summed E-state index contributed by atoms with van der Waals surface area (Å²) in [7, 11) is 0. The summed E-state index contributed by atoms with van der Waals surface area (Å²) in [5.41, 5.74) is 3.28. The fraction of sp³-hybridized carbons (Fsp3) is 0.133. The van der Waals surface area contributed by atoms with E-state index in [1.165, 1.54) is 4.88 Å². The first-order valence-electron chi connectivity index (χ1n) is 6.43. The van der Waals surface area contributed by atoms with E-state index < -0.39 is 0 Å². The summed E-state index contributed by atoms with van der Waals surface area (Å²) in [4.78, 5) is 5.95. The number of fused-ring (bicyclic) bond motifs is 3. The minimum Gasteiger partial charge on any atom is -0.281 e. The van der Waals surface area contributed by atoms with Gasteiger partial charge in [-0.05, 0) is 24.4 Å². The molecule has 2 aromatic heterocycles. The molecule has 1 aliphatic rings. The molecule has 4 rings (SSSR count). The van der Waals surface area contributed by atoms with Crippen molar-refractivity contribution in [3.05, 3.63) is 63.9 Å². The van der Waals surface area contributed by atoms with Gasteiger partial charge in [0, 0.05) is 5.56 Å². The highest BCUT2D eigenvalue weighted by Crippen LogP contribution is 2.26. The number of benzene rings is 1. The van der Waals surface area contributed by atoms with E-state index >= 15 is 0 Å². The summed E-state index contributed by atoms with van der Waals surface area (Å²) in [5.74, 6) is 1.79. The summed E-state index contributed by atoms with van der Waals surface area (Å²) in [6.45, 7) is 2.53. The van der Waals surface area contributed by atoms with Crippen LogP contribution >= 0.6 is 11.3 Å². The van der Waals surface area contributed by atoms with Gasteiger partial charge >= 0.3 is 0 Å². The summed E-state index contributed by atoms with van der Waals surface area (Å²) in [6.07, 6.45) is 0. The summed E-state index contributed by atoms with van der Waals surface area (Å²) < 4.78 is 2.10. The number of nitrogens with zero attached hydrogens (tertiary/aromatic N) is 4. The van der Waals surface area contributed by atoms with Crippen LogP contribution in [-0.2, 0) is 6.54 Å². The maximum absolute atomic E-state index is 4.77. The Kier molecular flexibility index (Phi) is 2.53. The van der Waals surface area contributed by atoms with Crippen LogP contribution in [0, 0.1) is 6.92 Å². The lowest BCUT2D eigenvalue weighted by molar-refractivity contribution is 0.862. The summed E-state index contributed by atoms with van der Waals surface area (Å²) in [5, 5.41) is 10.5. The number of hydrogen-bond donors (Lipinski definition) is 0. The van der Waals surface area contributed by atoms with Crippen molar-refractivity contribution in [3.63, 3.8) is 0 Å². The molecule has 0 saturated heterocycles. The third-order valence-electron chi connectivity index (χ3n) is 3.43. The fourth-order valence-corrected chi connectivity index (χ4v) is 3.30. The molecule has 20 heavy (non-hydrogen) atoms. The van der Waals surface area contributed by atoms with E-state index in [1.807, 2.05) is 19.1 Å². The molecule has 0 N–H and O–H groups in total. The average molecular weight is 280 g/mol. The Balaban J connectivity index is 2.01. The Morgan fingerprint density at radius 2 is 2.00 bits per heavy atom. The SMILES string of the molecule is Cc1nnc2n1-c1ccccc1C(c1cccs1)=NC2. The molecule has 4 nitrogen and oxygen atoms in total. The zero-order chi connectivity index (χ0) is 13.5. The molecule has 1 aliphatic heterocycles. The zero-order valence-corrected chi connectivity index (χ0v) is 11.8. The Morgan fingerprint density at radius 1 is 1.10 bits per heavy atom. The highest BCUT2D eigenvalue weighted by atomic mass is 32.1. The molecular weight excluding hydrogens is 268 g/mol. The van der Waals surface area contributed by atoms with E-state index in [2.05, 4.69) is 44.4 Å². The first-order chi connectivity index (χ1) is 9.84. The topological polar surface area (TPSA) is 43.1 Å². The molecular formula is C15H12N4S. The van der Waals surface area contributed by atoms with Gasteiger partial charge < -0.3 is 0 Å². The minimum atomic E-state index is 0.558. The van der Waals surface area contributed by atoms with Gasteiger partial charge in [-0.2, -0.15) is 0 Å². The summed E-state index contributed by atoms with van der Waals surface area (Å²) >= 11 is 1.71. The number of hydrogen-bond acceptors (Lipinski definition) is 4. The minimum absolute atomic E-state index is 0.558. The van der Waals surface area contributed by atoms with Crippen LogP contribution in [0.2, 0.25) is 0 Å². The largest absolute Gasteiger partial charge is 0.281 e. The van der Waals surface area contributed by atoms with E-state index in [0.717, 1.165) is 28.6 Å². The van der Waals surface area contributed by atoms with Crippen molar-refractivity contribution in [2.24, 2.45) is 4.99 Å². The van der Waals surface area contributed by atoms with Crippen LogP contribution in [0.15, 0.2) is 46.8 Å². The van der Waals surface area contributed by atoms with Gasteiger partial charge in [0.2, 0.25) is 0 Å². The molecule has 0 aliphatic carbocycles. The number of thiophene rings is 1. The van der Waals surface area contributed by atoms with Crippen LogP contribution in [0.25, 0.3) is 5.69 Å². The molecule has 0 bridgehead atoms. The van der Waals surface area contributed by atoms with Crippen molar-refractivity contribution in [1.82, 2.24) is 14.8 Å². The van der Waals surface area contributed by atoms with Crippen LogP contribution in [0.1, 0.15) is 22.1 Å². The van der Waals surface area contributed by atoms with Gasteiger partial charge in [0.05, 0.1) is 16.3 Å². The third-order valence-corrected chi connectivity index (χ3v) is 4.30. The number of aryl methyl sites for hydroxylation is 1. The van der Waals surface area contributed by atoms with Crippen LogP contribution in [0.4, 0.5) is 0 Å². The van der Waals surface area contributed by atoms with Crippen molar-refractivity contribution >= 4 is 17.0 Å². The summed E-state index contributed by atoms with van der Waals surface area (Å²) in [6, 6.07) is 12.5. The number of para-hydroxylation sites is 1. The van der Waals surface area contributed by atoms with E-state index in [9.17, 15) is 0 Å². The molecule has 1 aromatic carbocycles. The second kappa shape index (κ2) is 4.38. The quantitative estimate of drug-likeness (QED) is 0.687. The van der Waals surface area contributed by atoms with Crippen LogP contribution in [0.5, 0.6) is 0 Å². The molecule has 0 atom stereocenters. The standard InChI is InChI=1S/C15H12N4S/c1-10-17-18-14-9-16-15(13-7-4-8-20-13)11-5-2-3-6-12(11)19(10)14/h2-8H,9H2,1H3. The van der Waals surface area contributed by atoms with Crippen LogP contribution < -0.4 is 0 Å². The van der Waals surface area contributed by atoms with Gasteiger partial charge in [-0.15, -0.1) is 21.5 Å². The molecule has 0 saturated carbocycles. The van der Waals surface area contributed by atoms with Crippen molar-refractivity contribution in [3.8, 4) is 5.69 Å². The van der Waals surface area contributed by atoms with Gasteiger partial charge in [-0.25, -0.2) is 0 Å². The van der Waals surface area contributed by atoms with E-state index in [0.29, 0.717) is 6.54 Å². The lowest BCUT2D eigenvalue weighted by atomic mass is 10.1. The predicted octanol–water partition coefficient (Wildman–Crippen LogP) is 2.99. The predicted molar refractivity (Wildman–Crippen MR) is 79.8 cm³/mol. The van der Waals surface area contributed by atoms with Crippen molar-refractivity contribution < 1.29 is 0 Å². The molecule has 0 spiro atoms. The Morgan fingerprint density at radius 3 is 2.85 bits per heavy atom. The molecule has 0 unspecified atom stereocenters. The molecule has 3 aromatic rings. The van der Waals surface area contributed by atoms with E-state index in [-0.39, 0.29) is 0 Å². The van der Waals surface area contributed by atoms with Gasteiger partial charge in [-0.3, -0.25) is 9.56 Å². The highest BCUT2D eigenvalue weighted by molar-refractivity contribution is 7.12. The Labute approximate surface area is 120 Å². The van der Waals surface area contributed by atoms with Gasteiger partial charge in [0.25, 0.3) is 0 Å². The van der Waals surface area contributed by atoms with E-state index in [1.54, 1.807) is 11.3 Å². The van der Waals surface area contributed by atoms with Crippen LogP contribution in [0.3, 0.4) is 0 Å². The monoisotopic (exact) mass is 280 g/mol. The van der Waals surface area contributed by atoms with Crippen molar-refractivity contribution in [2.45, 2.75) is 13.5 Å². The number of rotatable bonds is 1. The molecule has 98 valence electrons. The molecule has 0 radical (unpaired) electrons. The first kappa shape index (κ1) is 11.5. The second-order valence-electron chi connectivity index (χ2n) is 4.66. The average Bonchev–Trinajstić information content (AvgIpc) is 3.07. The van der Waals surface area contributed by atoms with Gasteiger partial charge in [-0.1, -0.05) is 24.3 Å². The Hall–Kier alpha value is -2.27. The molecule has 0 amide bonds. The highest BCUT2D eigenvalue weighted by Gasteiger charge is 2.21. The second-order valence-corrected chi connectivity index (χ2v) is 5.61. The smallest absolute Gasteiger partial charge is 0.159 e. The number of aromatic nitrogens is 3. The normalized spacial score (nSPS) is 13.3. The lowest BCUT2D eigenvalue weighted by Gasteiger charge is -2.10. The van der Waals surface area contributed by atoms with Crippen molar-refractivity contribution in [2.75, 3.05) is 0 Å². The van der Waals surface area contributed by atoms with E-state index in [4.69, 9.17) is 4.99 Å². The molecule has 3 heterocycles. The third kappa shape index (κ3) is 1.63. The maximum atomic E-state index is 4.77. The van der Waals surface area contributed by atoms with Gasteiger partial charge in [0.15, 0.2) is 5.82 Å². The first-order valence-corrected chi connectivity index (χ1v) is 7.31. The van der Waals surface area contributed by atoms with Crippen LogP contribution in [-0.4, -0.2) is 20.5 Å². The molecule has 5 heteroatoms. The Bertz CT molecular complexity index is 799. The zero-order valence-electron chi connectivity index (χ0n) is 10.9. The fourth-order valence-electron chi connectivity index (χ4n) is 2.55. The molecule has 0 fully saturated rings.